The summed E-state index contributed by atoms with van der Waals surface area (Å²) in [5.41, 5.74) is -0.726. The van der Waals surface area contributed by atoms with Crippen molar-refractivity contribution in [2.24, 2.45) is 0 Å². The summed E-state index contributed by atoms with van der Waals surface area (Å²) < 4.78 is 14.1. The molecular formula is C21H23ClFNO2. The first-order chi connectivity index (χ1) is 12.2. The number of hydrogen-bond acceptors (Lipinski definition) is 2. The van der Waals surface area contributed by atoms with Crippen LogP contribution in [0.15, 0.2) is 48.5 Å². The molecule has 0 aliphatic carbocycles. The average Bonchev–Trinajstić information content (AvgIpc) is 2.62. The molecule has 3 nitrogen and oxygen atoms in total. The summed E-state index contributed by atoms with van der Waals surface area (Å²) in [6.45, 7) is 4.55. The van der Waals surface area contributed by atoms with Crippen molar-refractivity contribution in [1.82, 2.24) is 4.90 Å². The van der Waals surface area contributed by atoms with Crippen molar-refractivity contribution in [3.05, 3.63) is 70.5 Å². The highest BCUT2D eigenvalue weighted by Gasteiger charge is 2.41. The maximum atomic E-state index is 14.1. The SMILES string of the molecule is CC(C)(C(=O)N1CCC(O)(c2ccccc2F)CC1)c1ccc(Cl)cc1. The molecule has 1 aliphatic rings. The van der Waals surface area contributed by atoms with Gasteiger partial charge in [0.1, 0.15) is 5.82 Å². The van der Waals surface area contributed by atoms with E-state index in [0.717, 1.165) is 5.56 Å². The fourth-order valence-electron chi connectivity index (χ4n) is 3.57. The lowest BCUT2D eigenvalue weighted by molar-refractivity contribution is -0.141. The molecule has 0 aromatic heterocycles. The molecule has 0 atom stereocenters. The lowest BCUT2D eigenvalue weighted by atomic mass is 9.80. The van der Waals surface area contributed by atoms with Gasteiger partial charge >= 0.3 is 0 Å². The van der Waals surface area contributed by atoms with Gasteiger partial charge in [-0.2, -0.15) is 0 Å². The van der Waals surface area contributed by atoms with E-state index in [9.17, 15) is 14.3 Å². The summed E-state index contributed by atoms with van der Waals surface area (Å²) in [6, 6.07) is 13.6. The molecule has 0 spiro atoms. The van der Waals surface area contributed by atoms with Gasteiger partial charge in [-0.15, -0.1) is 0 Å². The zero-order chi connectivity index (χ0) is 18.9. The van der Waals surface area contributed by atoms with E-state index in [1.54, 1.807) is 35.2 Å². The highest BCUT2D eigenvalue weighted by atomic mass is 35.5. The molecule has 0 saturated carbocycles. The van der Waals surface area contributed by atoms with Crippen LogP contribution in [0.3, 0.4) is 0 Å². The van der Waals surface area contributed by atoms with Gasteiger partial charge in [0.15, 0.2) is 0 Å². The van der Waals surface area contributed by atoms with Gasteiger partial charge in [0.25, 0.3) is 0 Å². The van der Waals surface area contributed by atoms with E-state index in [1.807, 2.05) is 26.0 Å². The summed E-state index contributed by atoms with van der Waals surface area (Å²) in [5, 5.41) is 11.5. The van der Waals surface area contributed by atoms with Gasteiger partial charge in [-0.3, -0.25) is 4.79 Å². The van der Waals surface area contributed by atoms with Crippen molar-refractivity contribution >= 4 is 17.5 Å². The molecule has 1 saturated heterocycles. The number of aliphatic hydroxyl groups is 1. The first kappa shape index (κ1) is 18.9. The van der Waals surface area contributed by atoms with Crippen LogP contribution < -0.4 is 0 Å². The summed E-state index contributed by atoms with van der Waals surface area (Å²) >= 11 is 5.94. The fourth-order valence-corrected chi connectivity index (χ4v) is 3.70. The van der Waals surface area contributed by atoms with E-state index in [2.05, 4.69) is 0 Å². The van der Waals surface area contributed by atoms with Crippen LogP contribution in [0.25, 0.3) is 0 Å². The minimum absolute atomic E-state index is 0.00425. The molecule has 0 bridgehead atoms. The summed E-state index contributed by atoms with van der Waals surface area (Å²) in [7, 11) is 0. The molecule has 1 aliphatic heterocycles. The number of halogens is 2. The van der Waals surface area contributed by atoms with Crippen LogP contribution in [0.5, 0.6) is 0 Å². The summed E-state index contributed by atoms with van der Waals surface area (Å²) in [6.07, 6.45) is 0.632. The largest absolute Gasteiger partial charge is 0.385 e. The molecule has 1 N–H and O–H groups in total. The Morgan fingerprint density at radius 3 is 2.27 bits per heavy atom. The minimum Gasteiger partial charge on any atom is -0.385 e. The number of benzene rings is 2. The van der Waals surface area contributed by atoms with Crippen molar-refractivity contribution in [3.63, 3.8) is 0 Å². The van der Waals surface area contributed by atoms with Crippen molar-refractivity contribution in [3.8, 4) is 0 Å². The Morgan fingerprint density at radius 1 is 1.12 bits per heavy atom. The van der Waals surface area contributed by atoms with Gasteiger partial charge in [0, 0.05) is 23.7 Å². The smallest absolute Gasteiger partial charge is 0.232 e. The maximum Gasteiger partial charge on any atom is 0.232 e. The average molecular weight is 376 g/mol. The fraction of sp³-hybridized carbons (Fsp3) is 0.381. The number of hydrogen-bond donors (Lipinski definition) is 1. The number of amides is 1. The zero-order valence-corrected chi connectivity index (χ0v) is 15.8. The van der Waals surface area contributed by atoms with Crippen molar-refractivity contribution in [2.75, 3.05) is 13.1 Å². The molecular weight excluding hydrogens is 353 g/mol. The molecule has 0 radical (unpaired) electrons. The molecule has 5 heteroatoms. The molecule has 3 rings (SSSR count). The van der Waals surface area contributed by atoms with Crippen molar-refractivity contribution < 1.29 is 14.3 Å². The van der Waals surface area contributed by atoms with E-state index in [0.29, 0.717) is 36.5 Å². The number of nitrogens with zero attached hydrogens (tertiary/aromatic N) is 1. The van der Waals surface area contributed by atoms with Gasteiger partial charge in [0.2, 0.25) is 5.91 Å². The van der Waals surface area contributed by atoms with Gasteiger partial charge < -0.3 is 10.0 Å². The van der Waals surface area contributed by atoms with Gasteiger partial charge in [-0.1, -0.05) is 41.9 Å². The monoisotopic (exact) mass is 375 g/mol. The molecule has 1 amide bonds. The van der Waals surface area contributed by atoms with Crippen molar-refractivity contribution in [2.45, 2.75) is 37.7 Å². The standard InChI is InChI=1S/C21H23ClFNO2/c1-20(2,15-7-9-16(22)10-8-15)19(25)24-13-11-21(26,12-14-24)17-5-3-4-6-18(17)23/h3-10,26H,11-14H2,1-2H3. The van der Waals surface area contributed by atoms with E-state index >= 15 is 0 Å². The normalized spacial score (nSPS) is 17.2. The molecule has 1 heterocycles. The molecule has 1 fully saturated rings. The van der Waals surface area contributed by atoms with Gasteiger partial charge in [-0.25, -0.2) is 4.39 Å². The zero-order valence-electron chi connectivity index (χ0n) is 15.0. The number of piperidine rings is 1. The highest BCUT2D eigenvalue weighted by molar-refractivity contribution is 6.30. The molecule has 2 aromatic rings. The Hall–Kier alpha value is -1.91. The van der Waals surface area contributed by atoms with Crippen LogP contribution in [0.4, 0.5) is 4.39 Å². The van der Waals surface area contributed by atoms with Crippen LogP contribution in [-0.4, -0.2) is 29.0 Å². The van der Waals surface area contributed by atoms with Crippen LogP contribution in [-0.2, 0) is 15.8 Å². The van der Waals surface area contributed by atoms with Crippen LogP contribution in [0.2, 0.25) is 5.02 Å². The minimum atomic E-state index is -1.23. The second-order valence-corrected chi connectivity index (χ2v) is 7.87. The number of rotatable bonds is 3. The molecule has 0 unspecified atom stereocenters. The first-order valence-corrected chi connectivity index (χ1v) is 9.15. The predicted octanol–water partition coefficient (Wildman–Crippen LogP) is 4.27. The maximum absolute atomic E-state index is 14.1. The second-order valence-electron chi connectivity index (χ2n) is 7.44. The van der Waals surface area contributed by atoms with Gasteiger partial charge in [-0.05, 0) is 50.5 Å². The Kier molecular flexibility index (Phi) is 5.09. The Morgan fingerprint density at radius 2 is 1.69 bits per heavy atom. The third-order valence-corrected chi connectivity index (χ3v) is 5.61. The predicted molar refractivity (Wildman–Crippen MR) is 101 cm³/mol. The number of carbonyl (C=O) groups excluding carboxylic acids is 1. The first-order valence-electron chi connectivity index (χ1n) is 8.77. The van der Waals surface area contributed by atoms with Gasteiger partial charge in [0.05, 0.1) is 11.0 Å². The third kappa shape index (κ3) is 3.49. The lowest BCUT2D eigenvalue weighted by Crippen LogP contribution is -2.50. The van der Waals surface area contributed by atoms with Crippen LogP contribution in [0.1, 0.15) is 37.8 Å². The van der Waals surface area contributed by atoms with E-state index in [4.69, 9.17) is 11.6 Å². The highest BCUT2D eigenvalue weighted by Crippen LogP contribution is 2.36. The molecule has 2 aromatic carbocycles. The quantitative estimate of drug-likeness (QED) is 0.870. The Labute approximate surface area is 158 Å². The third-order valence-electron chi connectivity index (χ3n) is 5.35. The van der Waals surface area contributed by atoms with E-state index in [1.165, 1.54) is 6.07 Å². The molecule has 26 heavy (non-hydrogen) atoms. The number of likely N-dealkylation sites (tertiary alicyclic amines) is 1. The summed E-state index contributed by atoms with van der Waals surface area (Å²) in [5.74, 6) is -0.410. The van der Waals surface area contributed by atoms with E-state index in [-0.39, 0.29) is 5.91 Å². The molecule has 138 valence electrons. The van der Waals surface area contributed by atoms with Crippen molar-refractivity contribution in [1.29, 1.82) is 0 Å². The van der Waals surface area contributed by atoms with Crippen LogP contribution >= 0.6 is 11.6 Å². The topological polar surface area (TPSA) is 40.5 Å². The Balaban J connectivity index is 1.74. The number of carbonyl (C=O) groups is 1. The van der Waals surface area contributed by atoms with E-state index < -0.39 is 16.8 Å². The lowest BCUT2D eigenvalue weighted by Gasteiger charge is -2.41. The van der Waals surface area contributed by atoms with Crippen LogP contribution in [0, 0.1) is 5.82 Å². The summed E-state index contributed by atoms with van der Waals surface area (Å²) in [4.78, 5) is 14.8. The second kappa shape index (κ2) is 7.01. The Bertz CT molecular complexity index is 796.